The summed E-state index contributed by atoms with van der Waals surface area (Å²) >= 11 is 3.31. The first-order chi connectivity index (χ1) is 9.06. The van der Waals surface area contributed by atoms with Crippen LogP contribution in [0.15, 0.2) is 22.7 Å². The van der Waals surface area contributed by atoms with Gasteiger partial charge in [0.15, 0.2) is 0 Å². The third-order valence-electron chi connectivity index (χ3n) is 3.93. The molecule has 104 valence electrons. The van der Waals surface area contributed by atoms with E-state index in [9.17, 15) is 9.90 Å². The zero-order valence-corrected chi connectivity index (χ0v) is 12.7. The van der Waals surface area contributed by atoms with Crippen LogP contribution in [0.3, 0.4) is 0 Å². The van der Waals surface area contributed by atoms with Crippen LogP contribution in [0.2, 0.25) is 0 Å². The molecular weight excluding hydrogens is 306 g/mol. The number of rotatable bonds is 4. The number of hydrogen-bond acceptors (Lipinski definition) is 2. The Morgan fingerprint density at radius 3 is 2.68 bits per heavy atom. The van der Waals surface area contributed by atoms with Crippen molar-refractivity contribution in [2.45, 2.75) is 32.6 Å². The summed E-state index contributed by atoms with van der Waals surface area (Å²) in [6.45, 7) is 3.18. The number of carboxylic acid groups (broad SMARTS) is 1. The molecule has 0 aromatic heterocycles. The fraction of sp³-hybridized carbons (Fsp3) is 0.533. The highest BCUT2D eigenvalue weighted by atomic mass is 79.9. The zero-order valence-electron chi connectivity index (χ0n) is 11.2. The summed E-state index contributed by atoms with van der Waals surface area (Å²) < 4.78 is 0.793. The van der Waals surface area contributed by atoms with E-state index in [1.165, 1.54) is 25.7 Å². The van der Waals surface area contributed by atoms with Gasteiger partial charge in [0.25, 0.3) is 0 Å². The molecule has 1 aromatic carbocycles. The number of carbonyl (C=O) groups is 1. The van der Waals surface area contributed by atoms with Crippen LogP contribution < -0.4 is 5.32 Å². The maximum atomic E-state index is 11.2. The summed E-state index contributed by atoms with van der Waals surface area (Å²) in [4.78, 5) is 11.2. The van der Waals surface area contributed by atoms with E-state index in [-0.39, 0.29) is 0 Å². The molecule has 0 radical (unpaired) electrons. The lowest BCUT2D eigenvalue weighted by molar-refractivity contribution is 0.0698. The number of nitrogens with one attached hydrogen (secondary N) is 1. The Hall–Kier alpha value is -1.03. The molecule has 0 unspecified atom stereocenters. The first-order valence-electron chi connectivity index (χ1n) is 6.83. The normalized spacial score (nSPS) is 23.1. The van der Waals surface area contributed by atoms with Crippen LogP contribution in [0, 0.1) is 11.8 Å². The summed E-state index contributed by atoms with van der Waals surface area (Å²) in [5.74, 6) is 0.626. The Kier molecular flexibility index (Phi) is 4.86. The van der Waals surface area contributed by atoms with Gasteiger partial charge in [0.1, 0.15) is 0 Å². The number of hydrogen-bond donors (Lipinski definition) is 2. The maximum Gasteiger partial charge on any atom is 0.337 e. The first-order valence-corrected chi connectivity index (χ1v) is 7.62. The monoisotopic (exact) mass is 325 g/mol. The largest absolute Gasteiger partial charge is 0.478 e. The quantitative estimate of drug-likeness (QED) is 0.863. The number of anilines is 1. The van der Waals surface area contributed by atoms with Crippen molar-refractivity contribution in [2.24, 2.45) is 11.8 Å². The molecule has 2 rings (SSSR count). The number of aromatic carboxylic acids is 1. The fourth-order valence-corrected chi connectivity index (χ4v) is 3.00. The van der Waals surface area contributed by atoms with Crippen molar-refractivity contribution in [3.63, 3.8) is 0 Å². The summed E-state index contributed by atoms with van der Waals surface area (Å²) in [6.07, 6.45) is 5.07. The topological polar surface area (TPSA) is 49.3 Å². The molecule has 0 bridgehead atoms. The SMILES string of the molecule is CC1CCC(CNc2ccc(Br)cc2C(=O)O)CC1. The zero-order chi connectivity index (χ0) is 13.8. The first kappa shape index (κ1) is 14.4. The minimum absolute atomic E-state index is 0.332. The number of halogens is 1. The van der Waals surface area contributed by atoms with Crippen molar-refractivity contribution in [3.05, 3.63) is 28.2 Å². The van der Waals surface area contributed by atoms with Crippen LogP contribution >= 0.6 is 15.9 Å². The molecule has 0 spiro atoms. The van der Waals surface area contributed by atoms with E-state index in [0.717, 1.165) is 16.9 Å². The van der Waals surface area contributed by atoms with E-state index >= 15 is 0 Å². The van der Waals surface area contributed by atoms with Gasteiger partial charge < -0.3 is 10.4 Å². The molecule has 0 heterocycles. The van der Waals surface area contributed by atoms with E-state index in [2.05, 4.69) is 28.2 Å². The van der Waals surface area contributed by atoms with Crippen LogP contribution in [0.1, 0.15) is 43.0 Å². The van der Waals surface area contributed by atoms with Crippen molar-refractivity contribution in [3.8, 4) is 0 Å². The van der Waals surface area contributed by atoms with Crippen LogP contribution in [0.4, 0.5) is 5.69 Å². The summed E-state index contributed by atoms with van der Waals surface area (Å²) in [7, 11) is 0. The van der Waals surface area contributed by atoms with Gasteiger partial charge in [0.05, 0.1) is 5.56 Å². The van der Waals surface area contributed by atoms with Gasteiger partial charge in [0.2, 0.25) is 0 Å². The second kappa shape index (κ2) is 6.42. The van der Waals surface area contributed by atoms with Crippen LogP contribution in [0.5, 0.6) is 0 Å². The standard InChI is InChI=1S/C15H20BrNO2/c1-10-2-4-11(5-3-10)9-17-14-7-6-12(16)8-13(14)15(18)19/h6-8,10-11,17H,2-5,9H2,1H3,(H,18,19). The predicted molar refractivity (Wildman–Crippen MR) is 80.7 cm³/mol. The Labute approximate surface area is 122 Å². The fourth-order valence-electron chi connectivity index (χ4n) is 2.64. The van der Waals surface area contributed by atoms with Gasteiger partial charge in [-0.3, -0.25) is 0 Å². The molecule has 1 aliphatic carbocycles. The number of carboxylic acids is 1. The molecule has 0 atom stereocenters. The molecule has 4 heteroatoms. The smallest absolute Gasteiger partial charge is 0.337 e. The van der Waals surface area contributed by atoms with Gasteiger partial charge in [-0.1, -0.05) is 35.7 Å². The molecular formula is C15H20BrNO2. The van der Waals surface area contributed by atoms with Gasteiger partial charge in [-0.25, -0.2) is 4.79 Å². The predicted octanol–water partition coefficient (Wildman–Crippen LogP) is 4.39. The van der Waals surface area contributed by atoms with Crippen LogP contribution in [-0.4, -0.2) is 17.6 Å². The minimum Gasteiger partial charge on any atom is -0.478 e. The van der Waals surface area contributed by atoms with E-state index in [4.69, 9.17) is 0 Å². The van der Waals surface area contributed by atoms with E-state index in [1.807, 2.05) is 12.1 Å². The van der Waals surface area contributed by atoms with Gasteiger partial charge in [0, 0.05) is 16.7 Å². The molecule has 0 saturated heterocycles. The Morgan fingerprint density at radius 1 is 1.37 bits per heavy atom. The summed E-state index contributed by atoms with van der Waals surface area (Å²) in [6, 6.07) is 5.35. The second-order valence-electron chi connectivity index (χ2n) is 5.50. The van der Waals surface area contributed by atoms with Crippen LogP contribution in [0.25, 0.3) is 0 Å². The van der Waals surface area contributed by atoms with Crippen molar-refractivity contribution in [1.29, 1.82) is 0 Å². The van der Waals surface area contributed by atoms with Gasteiger partial charge in [-0.15, -0.1) is 0 Å². The lowest BCUT2D eigenvalue weighted by Crippen LogP contribution is -2.21. The maximum absolute atomic E-state index is 11.2. The molecule has 0 aliphatic heterocycles. The summed E-state index contributed by atoms with van der Waals surface area (Å²) in [5.41, 5.74) is 1.05. The molecule has 0 amide bonds. The minimum atomic E-state index is -0.888. The third kappa shape index (κ3) is 3.96. The van der Waals surface area contributed by atoms with Crippen molar-refractivity contribution in [1.82, 2.24) is 0 Å². The average molecular weight is 326 g/mol. The molecule has 1 aromatic rings. The highest BCUT2D eigenvalue weighted by Crippen LogP contribution is 2.29. The van der Waals surface area contributed by atoms with E-state index in [1.54, 1.807) is 6.07 Å². The molecule has 3 nitrogen and oxygen atoms in total. The molecule has 2 N–H and O–H groups in total. The van der Waals surface area contributed by atoms with E-state index in [0.29, 0.717) is 17.2 Å². The molecule has 1 fully saturated rings. The molecule has 1 saturated carbocycles. The summed E-state index contributed by atoms with van der Waals surface area (Å²) in [5, 5.41) is 12.5. The second-order valence-corrected chi connectivity index (χ2v) is 6.42. The van der Waals surface area contributed by atoms with E-state index < -0.39 is 5.97 Å². The Balaban J connectivity index is 1.97. The Morgan fingerprint density at radius 2 is 2.05 bits per heavy atom. The highest BCUT2D eigenvalue weighted by molar-refractivity contribution is 9.10. The highest BCUT2D eigenvalue weighted by Gasteiger charge is 2.18. The van der Waals surface area contributed by atoms with Crippen LogP contribution in [-0.2, 0) is 0 Å². The van der Waals surface area contributed by atoms with Crippen molar-refractivity contribution in [2.75, 3.05) is 11.9 Å². The van der Waals surface area contributed by atoms with Crippen molar-refractivity contribution < 1.29 is 9.90 Å². The van der Waals surface area contributed by atoms with Crippen molar-refractivity contribution >= 4 is 27.6 Å². The van der Waals surface area contributed by atoms with Gasteiger partial charge in [-0.2, -0.15) is 0 Å². The lowest BCUT2D eigenvalue weighted by atomic mass is 9.83. The molecule has 19 heavy (non-hydrogen) atoms. The average Bonchev–Trinajstić information content (AvgIpc) is 2.39. The van der Waals surface area contributed by atoms with Gasteiger partial charge >= 0.3 is 5.97 Å². The molecule has 1 aliphatic rings. The Bertz CT molecular complexity index is 453. The lowest BCUT2D eigenvalue weighted by Gasteiger charge is -2.26. The third-order valence-corrected chi connectivity index (χ3v) is 4.42. The van der Waals surface area contributed by atoms with Gasteiger partial charge in [-0.05, 0) is 42.9 Å². The number of benzene rings is 1.